The van der Waals surface area contributed by atoms with Gasteiger partial charge in [0.25, 0.3) is 8.87 Å². The summed E-state index contributed by atoms with van der Waals surface area (Å²) >= 11 is 0. The lowest BCUT2D eigenvalue weighted by atomic mass is 12.0. The molecule has 0 spiro atoms. The minimum Gasteiger partial charge on any atom is -0.210 e. The fourth-order valence-electron chi connectivity index (χ4n) is 0. The van der Waals surface area contributed by atoms with Gasteiger partial charge in [0.1, 0.15) is 0 Å². The molecule has 0 bridgehead atoms. The van der Waals surface area contributed by atoms with Gasteiger partial charge in [0, 0.05) is 0 Å². The third-order valence-electron chi connectivity index (χ3n) is 0.362. The molecule has 0 amide bonds. The summed E-state index contributed by atoms with van der Waals surface area (Å²) in [5.41, 5.74) is 0. The zero-order chi connectivity index (χ0) is 7.00. The molecule has 0 unspecified atom stereocenters. The van der Waals surface area contributed by atoms with Crippen LogP contribution < -0.4 is 0 Å². The Kier molecular flexibility index (Phi) is 1.62. The van der Waals surface area contributed by atoms with Gasteiger partial charge in [0.05, 0.1) is 6.26 Å². The molecule has 4 nitrogen and oxygen atoms in total. The van der Waals surface area contributed by atoms with Crippen LogP contribution in [0.4, 0.5) is 3.89 Å². The van der Waals surface area contributed by atoms with Gasteiger partial charge in [-0.25, -0.2) is 8.42 Å². The van der Waals surface area contributed by atoms with Gasteiger partial charge in [-0.05, 0) is 0 Å². The Balaban J connectivity index is 5.18. The molecule has 0 aromatic carbocycles. The van der Waals surface area contributed by atoms with Crippen molar-refractivity contribution < 1.29 is 20.7 Å². The van der Waals surface area contributed by atoms with E-state index in [2.05, 4.69) is 0 Å². The minimum absolute atomic E-state index is 0.280. The molecule has 0 N–H and O–H groups in total. The smallest absolute Gasteiger partial charge is 0.210 e. The van der Waals surface area contributed by atoms with E-state index in [4.69, 9.17) is 0 Å². The van der Waals surface area contributed by atoms with Crippen LogP contribution in [-0.2, 0) is 18.1 Å². The van der Waals surface area contributed by atoms with Crippen LogP contribution in [0.25, 0.3) is 0 Å². The van der Waals surface area contributed by atoms with Gasteiger partial charge in [0.15, 0.2) is 0 Å². The molecule has 0 aromatic rings. The van der Waals surface area contributed by atoms with E-state index in [1.807, 2.05) is 0 Å². The molecule has 8 heavy (non-hydrogen) atoms. The van der Waals surface area contributed by atoms with Crippen LogP contribution >= 0.6 is 0 Å². The molecular weight excluding hydrogens is 159 g/mol. The van der Waals surface area contributed by atoms with Gasteiger partial charge < -0.3 is 0 Å². The summed E-state index contributed by atoms with van der Waals surface area (Å²) in [5, 5.41) is 0. The predicted octanol–water partition coefficient (Wildman–Crippen LogP) is -0.755. The SMILES string of the molecule is CS(=O)(=O)S(=O)(=O)F. The van der Waals surface area contributed by atoms with Crippen LogP contribution in [-0.4, -0.2) is 23.1 Å². The first kappa shape index (κ1) is 7.83. The van der Waals surface area contributed by atoms with E-state index in [1.165, 1.54) is 0 Å². The van der Waals surface area contributed by atoms with Crippen LogP contribution in [0.1, 0.15) is 0 Å². The molecule has 0 fully saturated rings. The molecule has 0 rings (SSSR count). The minimum atomic E-state index is -5.37. The standard InChI is InChI=1S/CH3FO4S2/c1-7(3,4)8(2,5)6/h1H3. The van der Waals surface area contributed by atoms with Crippen LogP contribution in [0.5, 0.6) is 0 Å². The topological polar surface area (TPSA) is 68.3 Å². The highest BCUT2D eigenvalue weighted by Crippen LogP contribution is 1.99. The predicted molar refractivity (Wildman–Crippen MR) is 24.9 cm³/mol. The van der Waals surface area contributed by atoms with Crippen molar-refractivity contribution in [2.24, 2.45) is 0 Å². The summed E-state index contributed by atoms with van der Waals surface area (Å²) in [6, 6.07) is 0. The highest BCUT2D eigenvalue weighted by molar-refractivity contribution is 8.64. The molecule has 0 radical (unpaired) electrons. The van der Waals surface area contributed by atoms with Gasteiger partial charge in [0.2, 0.25) is 0 Å². The van der Waals surface area contributed by atoms with Gasteiger partial charge in [-0.1, -0.05) is 3.89 Å². The fourth-order valence-corrected chi connectivity index (χ4v) is 0. The van der Waals surface area contributed by atoms with Crippen molar-refractivity contribution in [3.63, 3.8) is 0 Å². The number of hydrogen-bond donors (Lipinski definition) is 0. The van der Waals surface area contributed by atoms with Crippen LogP contribution in [0.15, 0.2) is 0 Å². The van der Waals surface area contributed by atoms with Gasteiger partial charge >= 0.3 is 9.26 Å². The van der Waals surface area contributed by atoms with Gasteiger partial charge in [-0.15, -0.1) is 0 Å². The quantitative estimate of drug-likeness (QED) is 0.375. The Morgan fingerprint density at radius 2 is 1.25 bits per heavy atom. The summed E-state index contributed by atoms with van der Waals surface area (Å²) < 4.78 is 49.5. The second-order valence-corrected chi connectivity index (χ2v) is 6.30. The second-order valence-electron chi connectivity index (χ2n) is 1.10. The maximum atomic E-state index is 11.3. The summed E-state index contributed by atoms with van der Waals surface area (Å²) in [4.78, 5) is 0. The maximum absolute atomic E-state index is 11.3. The van der Waals surface area contributed by atoms with Crippen molar-refractivity contribution in [2.45, 2.75) is 0 Å². The normalized spacial score (nSPS) is 13.8. The highest BCUT2D eigenvalue weighted by atomic mass is 33.2. The molecule has 0 heterocycles. The van der Waals surface area contributed by atoms with E-state index in [1.54, 1.807) is 0 Å². The van der Waals surface area contributed by atoms with E-state index >= 15 is 0 Å². The number of rotatable bonds is 1. The molecule has 0 aliphatic carbocycles. The van der Waals surface area contributed by atoms with Crippen molar-refractivity contribution >= 4 is 18.1 Å². The van der Waals surface area contributed by atoms with Crippen LogP contribution in [0.3, 0.4) is 0 Å². The zero-order valence-corrected chi connectivity index (χ0v) is 5.46. The van der Waals surface area contributed by atoms with Crippen LogP contribution in [0.2, 0.25) is 0 Å². The first-order chi connectivity index (χ1) is 3.25. The van der Waals surface area contributed by atoms with E-state index < -0.39 is 18.1 Å². The molecule has 0 saturated heterocycles. The summed E-state index contributed by atoms with van der Waals surface area (Å²) in [7, 11) is -9.90. The Labute approximate surface area is 45.9 Å². The van der Waals surface area contributed by atoms with Crippen molar-refractivity contribution in [2.75, 3.05) is 6.26 Å². The Morgan fingerprint density at radius 1 is 1.12 bits per heavy atom. The van der Waals surface area contributed by atoms with Crippen molar-refractivity contribution in [1.82, 2.24) is 0 Å². The monoisotopic (exact) mass is 162 g/mol. The molecule has 50 valence electrons. The Hall–Kier alpha value is -0.170. The molecule has 7 heteroatoms. The fraction of sp³-hybridized carbons (Fsp3) is 1.00. The third-order valence-corrected chi connectivity index (χ3v) is 3.25. The van der Waals surface area contributed by atoms with Crippen molar-refractivity contribution in [1.29, 1.82) is 0 Å². The maximum Gasteiger partial charge on any atom is 0.410 e. The summed E-state index contributed by atoms with van der Waals surface area (Å²) in [5.74, 6) is 0. The first-order valence-electron chi connectivity index (χ1n) is 1.40. The average Bonchev–Trinajstić information content (AvgIpc) is 1.25. The molecular formula is CH3FO4S2. The van der Waals surface area contributed by atoms with E-state index in [0.29, 0.717) is 0 Å². The molecule has 0 aliphatic rings. The molecule has 0 aliphatic heterocycles. The Bertz CT molecular complexity index is 226. The lowest BCUT2D eigenvalue weighted by Crippen LogP contribution is -2.06. The van der Waals surface area contributed by atoms with Crippen LogP contribution in [0, 0.1) is 0 Å². The lowest BCUT2D eigenvalue weighted by Gasteiger charge is -1.82. The average molecular weight is 162 g/mol. The Morgan fingerprint density at radius 3 is 1.25 bits per heavy atom. The van der Waals surface area contributed by atoms with E-state index in [9.17, 15) is 20.7 Å². The molecule has 0 atom stereocenters. The molecule has 0 saturated carbocycles. The second kappa shape index (κ2) is 1.66. The third kappa shape index (κ3) is 1.74. The van der Waals surface area contributed by atoms with E-state index in [-0.39, 0.29) is 6.26 Å². The van der Waals surface area contributed by atoms with Crippen molar-refractivity contribution in [3.05, 3.63) is 0 Å². The van der Waals surface area contributed by atoms with Gasteiger partial charge in [-0.2, -0.15) is 8.42 Å². The zero-order valence-electron chi connectivity index (χ0n) is 3.83. The summed E-state index contributed by atoms with van der Waals surface area (Å²) in [6.45, 7) is 0. The summed E-state index contributed by atoms with van der Waals surface area (Å²) in [6.07, 6.45) is 0.280. The lowest BCUT2D eigenvalue weighted by molar-refractivity contribution is 0.554. The number of hydrogen-bond acceptors (Lipinski definition) is 4. The van der Waals surface area contributed by atoms with Gasteiger partial charge in [-0.3, -0.25) is 0 Å². The number of halogens is 1. The van der Waals surface area contributed by atoms with E-state index in [0.717, 1.165) is 0 Å². The first-order valence-corrected chi connectivity index (χ1v) is 5.19. The highest BCUT2D eigenvalue weighted by Gasteiger charge is 2.21. The largest absolute Gasteiger partial charge is 0.410 e. The van der Waals surface area contributed by atoms with Crippen molar-refractivity contribution in [3.8, 4) is 0 Å². The molecule has 0 aromatic heterocycles.